The number of hydrogen-bond acceptors (Lipinski definition) is 4. The molecule has 1 amide bonds. The summed E-state index contributed by atoms with van der Waals surface area (Å²) in [4.78, 5) is 17.0. The molecule has 0 spiro atoms. The van der Waals surface area contributed by atoms with Crippen molar-refractivity contribution in [1.82, 2.24) is 4.98 Å². The molecular weight excluding hydrogens is 338 g/mol. The predicted molar refractivity (Wildman–Crippen MR) is 109 cm³/mol. The molecular formula is C22H23N3O2. The summed E-state index contributed by atoms with van der Waals surface area (Å²) >= 11 is 0. The summed E-state index contributed by atoms with van der Waals surface area (Å²) in [7, 11) is 1.62. The maximum atomic E-state index is 12.7. The topological polar surface area (TPSA) is 63.2 Å². The lowest BCUT2D eigenvalue weighted by atomic mass is 10.0. The number of hydrogen-bond donors (Lipinski definition) is 2. The fourth-order valence-corrected chi connectivity index (χ4v) is 2.65. The van der Waals surface area contributed by atoms with E-state index in [2.05, 4.69) is 29.5 Å². The van der Waals surface area contributed by atoms with Gasteiger partial charge in [0.05, 0.1) is 12.7 Å². The lowest BCUT2D eigenvalue weighted by molar-refractivity contribution is 0.102. The van der Waals surface area contributed by atoms with Crippen molar-refractivity contribution in [2.75, 3.05) is 17.7 Å². The average molecular weight is 361 g/mol. The van der Waals surface area contributed by atoms with Crippen LogP contribution in [-0.2, 0) is 0 Å². The van der Waals surface area contributed by atoms with Crippen molar-refractivity contribution >= 4 is 23.1 Å². The number of carbonyl (C=O) groups is 1. The van der Waals surface area contributed by atoms with Gasteiger partial charge < -0.3 is 15.4 Å². The molecule has 0 atom stereocenters. The molecule has 0 saturated carbocycles. The number of methoxy groups -OCH3 is 1. The molecule has 0 aliphatic heterocycles. The van der Waals surface area contributed by atoms with Gasteiger partial charge in [0.25, 0.3) is 5.91 Å². The van der Waals surface area contributed by atoms with Crippen LogP contribution in [-0.4, -0.2) is 18.0 Å². The first kappa shape index (κ1) is 18.5. The van der Waals surface area contributed by atoms with E-state index >= 15 is 0 Å². The minimum Gasteiger partial charge on any atom is -0.497 e. The number of anilines is 3. The highest BCUT2D eigenvalue weighted by atomic mass is 16.5. The van der Waals surface area contributed by atoms with Crippen molar-refractivity contribution in [3.63, 3.8) is 0 Å². The van der Waals surface area contributed by atoms with Crippen LogP contribution in [0.5, 0.6) is 5.75 Å². The molecule has 2 N–H and O–H groups in total. The normalized spacial score (nSPS) is 10.5. The molecule has 3 aromatic rings. The van der Waals surface area contributed by atoms with Crippen LogP contribution in [0, 0.1) is 0 Å². The van der Waals surface area contributed by atoms with Crippen molar-refractivity contribution in [2.24, 2.45) is 0 Å². The van der Waals surface area contributed by atoms with E-state index in [-0.39, 0.29) is 5.91 Å². The van der Waals surface area contributed by atoms with Gasteiger partial charge in [-0.1, -0.05) is 26.0 Å². The average Bonchev–Trinajstić information content (AvgIpc) is 2.69. The fraction of sp³-hybridized carbons (Fsp3) is 0.182. The summed E-state index contributed by atoms with van der Waals surface area (Å²) in [6.45, 7) is 4.28. The molecule has 0 radical (unpaired) electrons. The molecule has 138 valence electrons. The Hall–Kier alpha value is -3.34. The molecule has 1 heterocycles. The lowest BCUT2D eigenvalue weighted by Gasteiger charge is -2.12. The minimum atomic E-state index is -0.212. The van der Waals surface area contributed by atoms with Crippen molar-refractivity contribution in [3.8, 4) is 5.75 Å². The van der Waals surface area contributed by atoms with Gasteiger partial charge in [0.1, 0.15) is 11.6 Å². The van der Waals surface area contributed by atoms with Gasteiger partial charge >= 0.3 is 0 Å². The van der Waals surface area contributed by atoms with Crippen molar-refractivity contribution in [3.05, 3.63) is 78.0 Å². The molecule has 0 aliphatic rings. The van der Waals surface area contributed by atoms with E-state index in [9.17, 15) is 4.79 Å². The maximum Gasteiger partial charge on any atom is 0.259 e. The Balaban J connectivity index is 1.76. The van der Waals surface area contributed by atoms with Crippen LogP contribution < -0.4 is 15.4 Å². The van der Waals surface area contributed by atoms with Crippen LogP contribution in [0.2, 0.25) is 0 Å². The SMILES string of the molecule is COc1ccc(Nc2ncccc2C(=O)Nc2ccc(C(C)C)cc2)cc1. The molecule has 0 unspecified atom stereocenters. The Kier molecular flexibility index (Phi) is 5.71. The van der Waals surface area contributed by atoms with Crippen LogP contribution in [0.25, 0.3) is 0 Å². The Morgan fingerprint density at radius 1 is 0.963 bits per heavy atom. The van der Waals surface area contributed by atoms with Gasteiger partial charge in [-0.15, -0.1) is 0 Å². The second kappa shape index (κ2) is 8.36. The second-order valence-electron chi connectivity index (χ2n) is 6.48. The number of nitrogens with zero attached hydrogens (tertiary/aromatic N) is 1. The molecule has 27 heavy (non-hydrogen) atoms. The molecule has 1 aromatic heterocycles. The maximum absolute atomic E-state index is 12.7. The van der Waals surface area contributed by atoms with E-state index in [0.29, 0.717) is 17.3 Å². The first-order valence-electron chi connectivity index (χ1n) is 8.84. The van der Waals surface area contributed by atoms with Crippen molar-refractivity contribution in [1.29, 1.82) is 0 Å². The standard InChI is InChI=1S/C22H23N3O2/c1-15(2)16-6-8-18(9-7-16)25-22(26)20-5-4-14-23-21(20)24-17-10-12-19(27-3)13-11-17/h4-15H,1-3H3,(H,23,24)(H,25,26). The summed E-state index contributed by atoms with van der Waals surface area (Å²) in [5.41, 5.74) is 3.28. The predicted octanol–water partition coefficient (Wildman–Crippen LogP) is 5.21. The number of carbonyl (C=O) groups excluding carboxylic acids is 1. The van der Waals surface area contributed by atoms with Gasteiger partial charge in [-0.05, 0) is 60.0 Å². The molecule has 0 saturated heterocycles. The quantitative estimate of drug-likeness (QED) is 0.633. The summed E-state index contributed by atoms with van der Waals surface area (Å²) in [5.74, 6) is 1.51. The summed E-state index contributed by atoms with van der Waals surface area (Å²) in [5, 5.41) is 6.12. The molecule has 3 rings (SSSR count). The zero-order valence-electron chi connectivity index (χ0n) is 15.7. The molecule has 0 fully saturated rings. The Bertz CT molecular complexity index is 904. The molecule has 5 nitrogen and oxygen atoms in total. The van der Waals surface area contributed by atoms with E-state index < -0.39 is 0 Å². The summed E-state index contributed by atoms with van der Waals surface area (Å²) < 4.78 is 5.16. The lowest BCUT2D eigenvalue weighted by Crippen LogP contribution is -2.14. The van der Waals surface area contributed by atoms with E-state index in [1.54, 1.807) is 25.4 Å². The number of benzene rings is 2. The zero-order chi connectivity index (χ0) is 19.2. The Morgan fingerprint density at radius 2 is 1.63 bits per heavy atom. The van der Waals surface area contributed by atoms with Gasteiger partial charge in [-0.2, -0.15) is 0 Å². The first-order chi connectivity index (χ1) is 13.1. The number of ether oxygens (including phenoxy) is 1. The molecule has 0 bridgehead atoms. The number of amides is 1. The van der Waals surface area contributed by atoms with Gasteiger partial charge in [0.2, 0.25) is 0 Å². The smallest absolute Gasteiger partial charge is 0.259 e. The van der Waals surface area contributed by atoms with Gasteiger partial charge in [-0.3, -0.25) is 4.79 Å². The van der Waals surface area contributed by atoms with Crippen LogP contribution in [0.15, 0.2) is 66.9 Å². The first-order valence-corrected chi connectivity index (χ1v) is 8.84. The largest absolute Gasteiger partial charge is 0.497 e. The highest BCUT2D eigenvalue weighted by Gasteiger charge is 2.13. The van der Waals surface area contributed by atoms with E-state index in [0.717, 1.165) is 17.1 Å². The third-order valence-corrected chi connectivity index (χ3v) is 4.24. The highest BCUT2D eigenvalue weighted by Crippen LogP contribution is 2.22. The fourth-order valence-electron chi connectivity index (χ4n) is 2.65. The van der Waals surface area contributed by atoms with Crippen LogP contribution in [0.1, 0.15) is 35.7 Å². The third kappa shape index (κ3) is 4.64. The van der Waals surface area contributed by atoms with E-state index in [1.165, 1.54) is 5.56 Å². The minimum absolute atomic E-state index is 0.212. The van der Waals surface area contributed by atoms with Crippen LogP contribution in [0.4, 0.5) is 17.2 Å². The highest BCUT2D eigenvalue weighted by molar-refractivity contribution is 6.07. The zero-order valence-corrected chi connectivity index (χ0v) is 15.7. The number of aromatic nitrogens is 1. The van der Waals surface area contributed by atoms with Crippen LogP contribution in [0.3, 0.4) is 0 Å². The second-order valence-corrected chi connectivity index (χ2v) is 6.48. The van der Waals surface area contributed by atoms with Gasteiger partial charge in [0, 0.05) is 17.6 Å². The van der Waals surface area contributed by atoms with Crippen molar-refractivity contribution in [2.45, 2.75) is 19.8 Å². The summed E-state index contributed by atoms with van der Waals surface area (Å²) in [6, 6.07) is 18.8. The molecule has 0 aliphatic carbocycles. The van der Waals surface area contributed by atoms with Crippen molar-refractivity contribution < 1.29 is 9.53 Å². The number of rotatable bonds is 6. The number of pyridine rings is 1. The van der Waals surface area contributed by atoms with Crippen LogP contribution >= 0.6 is 0 Å². The summed E-state index contributed by atoms with van der Waals surface area (Å²) in [6.07, 6.45) is 1.65. The third-order valence-electron chi connectivity index (χ3n) is 4.24. The van der Waals surface area contributed by atoms with Gasteiger partial charge in [-0.25, -0.2) is 4.98 Å². The monoisotopic (exact) mass is 361 g/mol. The van der Waals surface area contributed by atoms with E-state index in [4.69, 9.17) is 4.74 Å². The number of nitrogens with one attached hydrogen (secondary N) is 2. The van der Waals surface area contributed by atoms with Gasteiger partial charge in [0.15, 0.2) is 0 Å². The van der Waals surface area contributed by atoms with E-state index in [1.807, 2.05) is 48.5 Å². The Labute approximate surface area is 159 Å². The molecule has 5 heteroatoms. The Morgan fingerprint density at radius 3 is 2.26 bits per heavy atom. The molecule has 2 aromatic carbocycles.